The molecule has 0 saturated heterocycles. The summed E-state index contributed by atoms with van der Waals surface area (Å²) in [6.45, 7) is 5.99. The number of aromatic nitrogens is 1. The summed E-state index contributed by atoms with van der Waals surface area (Å²) in [6, 6.07) is 2.05. The van der Waals surface area contributed by atoms with Crippen molar-refractivity contribution >= 4 is 27.7 Å². The summed E-state index contributed by atoms with van der Waals surface area (Å²) in [5, 5.41) is 9.26. The molecule has 7 heteroatoms. The van der Waals surface area contributed by atoms with E-state index in [1.807, 2.05) is 0 Å². The van der Waals surface area contributed by atoms with Gasteiger partial charge >= 0.3 is 6.09 Å². The first kappa shape index (κ1) is 14.6. The van der Waals surface area contributed by atoms with Crippen LogP contribution in [0, 0.1) is 11.3 Å². The van der Waals surface area contributed by atoms with Crippen molar-refractivity contribution in [3.8, 4) is 11.9 Å². The second kappa shape index (κ2) is 5.29. The molecule has 0 atom stereocenters. The molecule has 1 aromatic rings. The zero-order valence-electron chi connectivity index (χ0n) is 11.4. The van der Waals surface area contributed by atoms with Gasteiger partial charge in [-0.3, -0.25) is 4.90 Å². The van der Waals surface area contributed by atoms with E-state index >= 15 is 0 Å². The van der Waals surface area contributed by atoms with Gasteiger partial charge in [0.25, 0.3) is 0 Å². The number of fused-ring (bicyclic) bond motifs is 1. The Balaban J connectivity index is 2.44. The zero-order chi connectivity index (χ0) is 14.9. The second-order valence-electron chi connectivity index (χ2n) is 5.23. The molecule has 0 spiro atoms. The van der Waals surface area contributed by atoms with Gasteiger partial charge in [-0.15, -0.1) is 0 Å². The summed E-state index contributed by atoms with van der Waals surface area (Å²) in [7, 11) is 0. The molecule has 106 valence electrons. The Bertz CT molecular complexity index is 590. The fourth-order valence-electron chi connectivity index (χ4n) is 1.77. The molecule has 20 heavy (non-hydrogen) atoms. The lowest BCUT2D eigenvalue weighted by Gasteiger charge is -2.31. The van der Waals surface area contributed by atoms with Gasteiger partial charge in [0.15, 0.2) is 0 Å². The summed E-state index contributed by atoms with van der Waals surface area (Å²) >= 11 is 3.25. The van der Waals surface area contributed by atoms with Crippen LogP contribution in [0.2, 0.25) is 0 Å². The molecule has 0 unspecified atom stereocenters. The maximum absolute atomic E-state index is 12.3. The molecule has 6 nitrogen and oxygen atoms in total. The van der Waals surface area contributed by atoms with Gasteiger partial charge in [-0.2, -0.15) is 5.26 Å². The first-order valence-electron chi connectivity index (χ1n) is 6.05. The first-order chi connectivity index (χ1) is 9.33. The van der Waals surface area contributed by atoms with Gasteiger partial charge < -0.3 is 9.47 Å². The third-order valence-electron chi connectivity index (χ3n) is 2.52. The number of hydrogen-bond donors (Lipinski definition) is 0. The lowest BCUT2D eigenvalue weighted by atomic mass is 10.2. The average Bonchev–Trinajstić information content (AvgIpc) is 2.36. The standard InChI is InChI=1S/C13H14BrN3O3/c1-13(2,3)20-12(18)17-4-5-19-11-10(17)8(6-15)9(14)7-16-11/h7H,4-5H2,1-3H3. The molecule has 0 fully saturated rings. The SMILES string of the molecule is CC(C)(C)OC(=O)N1CCOc2ncc(Br)c(C#N)c21. The first-order valence-corrected chi connectivity index (χ1v) is 6.84. The maximum atomic E-state index is 12.3. The number of nitriles is 1. The third-order valence-corrected chi connectivity index (χ3v) is 3.12. The Hall–Kier alpha value is -1.81. The molecule has 1 aliphatic rings. The highest BCUT2D eigenvalue weighted by Crippen LogP contribution is 2.37. The highest BCUT2D eigenvalue weighted by Gasteiger charge is 2.32. The van der Waals surface area contributed by atoms with Crippen LogP contribution in [0.3, 0.4) is 0 Å². The predicted molar refractivity (Wildman–Crippen MR) is 75.7 cm³/mol. The van der Waals surface area contributed by atoms with E-state index in [4.69, 9.17) is 9.47 Å². The fraction of sp³-hybridized carbons (Fsp3) is 0.462. The molecule has 0 saturated carbocycles. The van der Waals surface area contributed by atoms with Gasteiger partial charge in [0.05, 0.1) is 16.6 Å². The topological polar surface area (TPSA) is 75.4 Å². The summed E-state index contributed by atoms with van der Waals surface area (Å²) in [5.41, 5.74) is 0.0462. The normalized spacial score (nSPS) is 14.1. The van der Waals surface area contributed by atoms with Crippen molar-refractivity contribution in [2.24, 2.45) is 0 Å². The minimum absolute atomic E-state index is 0.266. The van der Waals surface area contributed by atoms with E-state index in [0.29, 0.717) is 28.9 Å². The molecule has 0 radical (unpaired) electrons. The average molecular weight is 340 g/mol. The smallest absolute Gasteiger partial charge is 0.415 e. The summed E-state index contributed by atoms with van der Waals surface area (Å²) < 4.78 is 11.3. The van der Waals surface area contributed by atoms with Crippen molar-refractivity contribution in [3.05, 3.63) is 16.2 Å². The van der Waals surface area contributed by atoms with Gasteiger partial charge in [0, 0.05) is 6.20 Å². The molecule has 0 N–H and O–H groups in total. The quantitative estimate of drug-likeness (QED) is 0.726. The Morgan fingerprint density at radius 2 is 2.30 bits per heavy atom. The van der Waals surface area contributed by atoms with Crippen LogP contribution >= 0.6 is 15.9 Å². The maximum Gasteiger partial charge on any atom is 0.415 e. The molecule has 1 amide bonds. The van der Waals surface area contributed by atoms with Crippen LogP contribution in [0.15, 0.2) is 10.7 Å². The monoisotopic (exact) mass is 339 g/mol. The summed E-state index contributed by atoms with van der Waals surface area (Å²) in [4.78, 5) is 17.7. The molecule has 0 bridgehead atoms. The highest BCUT2D eigenvalue weighted by molar-refractivity contribution is 9.10. The van der Waals surface area contributed by atoms with E-state index in [0.717, 1.165) is 0 Å². The van der Waals surface area contributed by atoms with E-state index < -0.39 is 11.7 Å². The van der Waals surface area contributed by atoms with Gasteiger partial charge in [0.2, 0.25) is 5.88 Å². The minimum atomic E-state index is -0.609. The van der Waals surface area contributed by atoms with Crippen LogP contribution < -0.4 is 9.64 Å². The van der Waals surface area contributed by atoms with Crippen LogP contribution in [-0.2, 0) is 4.74 Å². The fourth-order valence-corrected chi connectivity index (χ4v) is 2.15. The molecular weight excluding hydrogens is 326 g/mol. The number of halogens is 1. The summed E-state index contributed by atoms with van der Waals surface area (Å²) in [6.07, 6.45) is 0.967. The number of ether oxygens (including phenoxy) is 2. The van der Waals surface area contributed by atoms with E-state index in [1.165, 1.54) is 11.1 Å². The molecule has 0 aromatic carbocycles. The van der Waals surface area contributed by atoms with Crippen molar-refractivity contribution in [1.82, 2.24) is 4.98 Å². The molecule has 2 rings (SSSR count). The highest BCUT2D eigenvalue weighted by atomic mass is 79.9. The Morgan fingerprint density at radius 3 is 2.90 bits per heavy atom. The number of carbonyl (C=O) groups excluding carboxylic acids is 1. The summed E-state index contributed by atoms with van der Waals surface area (Å²) in [5.74, 6) is 0.266. The van der Waals surface area contributed by atoms with Crippen molar-refractivity contribution in [1.29, 1.82) is 5.26 Å². The number of anilines is 1. The molecular formula is C13H14BrN3O3. The third kappa shape index (κ3) is 2.85. The van der Waals surface area contributed by atoms with E-state index in [2.05, 4.69) is 27.0 Å². The number of carbonyl (C=O) groups is 1. The van der Waals surface area contributed by atoms with E-state index in [-0.39, 0.29) is 5.88 Å². The van der Waals surface area contributed by atoms with Crippen LogP contribution in [-0.4, -0.2) is 29.8 Å². The zero-order valence-corrected chi connectivity index (χ0v) is 13.0. The van der Waals surface area contributed by atoms with Crippen molar-refractivity contribution < 1.29 is 14.3 Å². The van der Waals surface area contributed by atoms with Crippen LogP contribution in [0.1, 0.15) is 26.3 Å². The second-order valence-corrected chi connectivity index (χ2v) is 6.08. The van der Waals surface area contributed by atoms with Crippen molar-refractivity contribution in [3.63, 3.8) is 0 Å². The van der Waals surface area contributed by atoms with Crippen LogP contribution in [0.25, 0.3) is 0 Å². The lowest BCUT2D eigenvalue weighted by molar-refractivity contribution is 0.0566. The van der Waals surface area contributed by atoms with Gasteiger partial charge in [-0.25, -0.2) is 9.78 Å². The van der Waals surface area contributed by atoms with E-state index in [9.17, 15) is 10.1 Å². The molecule has 2 heterocycles. The molecule has 0 aliphatic carbocycles. The lowest BCUT2D eigenvalue weighted by Crippen LogP contribution is -2.42. The Morgan fingerprint density at radius 1 is 1.60 bits per heavy atom. The molecule has 1 aromatic heterocycles. The van der Waals surface area contributed by atoms with Crippen LogP contribution in [0.4, 0.5) is 10.5 Å². The van der Waals surface area contributed by atoms with Crippen molar-refractivity contribution in [2.45, 2.75) is 26.4 Å². The van der Waals surface area contributed by atoms with Gasteiger partial charge in [-0.05, 0) is 36.7 Å². The number of rotatable bonds is 0. The number of hydrogen-bond acceptors (Lipinski definition) is 5. The number of pyridine rings is 1. The van der Waals surface area contributed by atoms with E-state index in [1.54, 1.807) is 20.8 Å². The minimum Gasteiger partial charge on any atom is -0.474 e. The Labute approximate surface area is 125 Å². The van der Waals surface area contributed by atoms with Gasteiger partial charge in [-0.1, -0.05) is 0 Å². The largest absolute Gasteiger partial charge is 0.474 e. The number of nitrogens with zero attached hydrogens (tertiary/aromatic N) is 3. The van der Waals surface area contributed by atoms with Crippen LogP contribution in [0.5, 0.6) is 5.88 Å². The predicted octanol–water partition coefficient (Wildman–Crippen LogP) is 2.85. The number of amides is 1. The Kier molecular flexibility index (Phi) is 3.86. The van der Waals surface area contributed by atoms with Gasteiger partial charge in [0.1, 0.15) is 24.0 Å². The van der Waals surface area contributed by atoms with Crippen molar-refractivity contribution in [2.75, 3.05) is 18.1 Å². The molecule has 1 aliphatic heterocycles.